The van der Waals surface area contributed by atoms with Crippen molar-refractivity contribution in [1.82, 2.24) is 20.1 Å². The Labute approximate surface area is 167 Å². The molecule has 3 amide bonds. The maximum Gasteiger partial charge on any atom is 0.325 e. The van der Waals surface area contributed by atoms with Crippen LogP contribution in [0.3, 0.4) is 0 Å². The predicted octanol–water partition coefficient (Wildman–Crippen LogP) is 3.62. The molecule has 0 fully saturated rings. The minimum atomic E-state index is -0.568. The van der Waals surface area contributed by atoms with Gasteiger partial charge in [-0.3, -0.25) is 10.1 Å². The summed E-state index contributed by atoms with van der Waals surface area (Å²) in [7, 11) is 1.85. The van der Waals surface area contributed by atoms with Crippen molar-refractivity contribution in [2.24, 2.45) is 7.05 Å². The average molecular weight is 395 g/mol. The first kappa shape index (κ1) is 19.6. The molecular weight excluding hydrogens is 374 g/mol. The summed E-state index contributed by atoms with van der Waals surface area (Å²) in [4.78, 5) is 24.3. The molecule has 0 radical (unpaired) electrons. The number of hydrogen-bond acceptors (Lipinski definition) is 5. The molecule has 2 aromatic carbocycles. The van der Waals surface area contributed by atoms with E-state index in [9.17, 15) is 9.59 Å². The lowest BCUT2D eigenvalue weighted by molar-refractivity contribution is -0.119. The van der Waals surface area contributed by atoms with Crippen LogP contribution in [0.5, 0.6) is 0 Å². The number of nitrogens with zero attached hydrogens (tertiary/aromatic N) is 3. The van der Waals surface area contributed by atoms with Crippen molar-refractivity contribution < 1.29 is 9.59 Å². The largest absolute Gasteiger partial charge is 0.325 e. The van der Waals surface area contributed by atoms with Crippen molar-refractivity contribution in [3.63, 3.8) is 0 Å². The van der Waals surface area contributed by atoms with Gasteiger partial charge in [0.25, 0.3) is 0 Å². The van der Waals surface area contributed by atoms with Gasteiger partial charge in [0, 0.05) is 18.3 Å². The number of benzene rings is 2. The van der Waals surface area contributed by atoms with E-state index in [1.54, 1.807) is 31.2 Å². The molecule has 144 valence electrons. The fourth-order valence-electron chi connectivity index (χ4n) is 2.56. The summed E-state index contributed by atoms with van der Waals surface area (Å²) in [6.07, 6.45) is 0. The number of para-hydroxylation sites is 1. The van der Waals surface area contributed by atoms with Crippen LogP contribution in [-0.4, -0.2) is 32.0 Å². The molecule has 7 nitrogen and oxygen atoms in total. The van der Waals surface area contributed by atoms with Gasteiger partial charge in [-0.1, -0.05) is 53.7 Å². The molecule has 0 bridgehead atoms. The zero-order valence-corrected chi connectivity index (χ0v) is 16.7. The summed E-state index contributed by atoms with van der Waals surface area (Å²) in [6, 6.07) is 16.4. The summed E-state index contributed by atoms with van der Waals surface area (Å²) in [5, 5.41) is 13.5. The lowest BCUT2D eigenvalue weighted by Gasteiger charge is -2.11. The molecule has 1 aromatic heterocycles. The van der Waals surface area contributed by atoms with Gasteiger partial charge in [0.15, 0.2) is 11.0 Å². The number of nitrogens with one attached hydrogen (secondary N) is 2. The molecule has 3 aromatic rings. The van der Waals surface area contributed by atoms with Gasteiger partial charge in [-0.05, 0) is 32.0 Å². The Kier molecular flexibility index (Phi) is 6.10. The van der Waals surface area contributed by atoms with Crippen LogP contribution in [0.2, 0.25) is 0 Å². The van der Waals surface area contributed by atoms with Gasteiger partial charge in [0.05, 0.1) is 5.25 Å². The quantitative estimate of drug-likeness (QED) is 0.644. The molecule has 1 heterocycles. The highest BCUT2D eigenvalue weighted by molar-refractivity contribution is 8.00. The highest BCUT2D eigenvalue weighted by Gasteiger charge is 2.21. The Hall–Kier alpha value is -3.13. The van der Waals surface area contributed by atoms with Gasteiger partial charge < -0.3 is 9.88 Å². The number of anilines is 1. The van der Waals surface area contributed by atoms with Gasteiger partial charge in [-0.2, -0.15) is 0 Å². The molecule has 0 aliphatic carbocycles. The second-order valence-corrected chi connectivity index (χ2v) is 7.61. The first-order chi connectivity index (χ1) is 13.4. The third-order valence-electron chi connectivity index (χ3n) is 4.03. The maximum absolute atomic E-state index is 12.3. The van der Waals surface area contributed by atoms with Gasteiger partial charge in [-0.25, -0.2) is 4.79 Å². The average Bonchev–Trinajstić information content (AvgIpc) is 3.02. The minimum absolute atomic E-state index is 0.404. The number of aryl methyl sites for hydroxylation is 1. The number of hydrogen-bond donors (Lipinski definition) is 2. The molecule has 0 saturated carbocycles. The van der Waals surface area contributed by atoms with E-state index in [0.29, 0.717) is 10.8 Å². The molecule has 0 spiro atoms. The highest BCUT2D eigenvalue weighted by atomic mass is 32.2. The monoisotopic (exact) mass is 395 g/mol. The summed E-state index contributed by atoms with van der Waals surface area (Å²) in [5.74, 6) is 0.319. The summed E-state index contributed by atoms with van der Waals surface area (Å²) >= 11 is 1.24. The van der Waals surface area contributed by atoms with Crippen LogP contribution in [0.1, 0.15) is 12.5 Å². The standard InChI is InChI=1S/C20H21N5O2S/c1-13-8-7-9-15(12-13)17-23-24-20(25(17)3)28-14(2)18(26)22-19(27)21-16-10-5-4-6-11-16/h4-12,14H,1-3H3,(H2,21,22,26,27). The molecule has 3 rings (SSSR count). The van der Waals surface area contributed by atoms with Crippen molar-refractivity contribution in [3.8, 4) is 11.4 Å². The fraction of sp³-hybridized carbons (Fsp3) is 0.200. The summed E-state index contributed by atoms with van der Waals surface area (Å²) in [6.45, 7) is 3.74. The van der Waals surface area contributed by atoms with Gasteiger partial charge in [-0.15, -0.1) is 10.2 Å². The van der Waals surface area contributed by atoms with Crippen molar-refractivity contribution in [2.75, 3.05) is 5.32 Å². The summed E-state index contributed by atoms with van der Waals surface area (Å²) < 4.78 is 1.84. The first-order valence-corrected chi connectivity index (χ1v) is 9.62. The Morgan fingerprint density at radius 3 is 2.54 bits per heavy atom. The van der Waals surface area contributed by atoms with E-state index in [4.69, 9.17) is 0 Å². The van der Waals surface area contributed by atoms with Crippen molar-refractivity contribution in [3.05, 3.63) is 60.2 Å². The lowest BCUT2D eigenvalue weighted by atomic mass is 10.1. The number of aromatic nitrogens is 3. The Bertz CT molecular complexity index is 987. The third-order valence-corrected chi connectivity index (χ3v) is 5.16. The predicted molar refractivity (Wildman–Crippen MR) is 110 cm³/mol. The number of amides is 3. The number of imide groups is 1. The normalized spacial score (nSPS) is 11.7. The Morgan fingerprint density at radius 2 is 1.82 bits per heavy atom. The fourth-order valence-corrected chi connectivity index (χ4v) is 3.38. The van der Waals surface area contributed by atoms with Crippen molar-refractivity contribution in [1.29, 1.82) is 0 Å². The van der Waals surface area contributed by atoms with E-state index in [1.807, 2.05) is 48.9 Å². The van der Waals surface area contributed by atoms with Crippen LogP contribution in [0.4, 0.5) is 10.5 Å². The van der Waals surface area contributed by atoms with Crippen LogP contribution >= 0.6 is 11.8 Å². The zero-order chi connectivity index (χ0) is 20.1. The van der Waals surface area contributed by atoms with E-state index in [2.05, 4.69) is 20.8 Å². The van der Waals surface area contributed by atoms with Crippen LogP contribution in [0, 0.1) is 6.92 Å². The Morgan fingerprint density at radius 1 is 1.07 bits per heavy atom. The second-order valence-electron chi connectivity index (χ2n) is 6.30. The summed E-state index contributed by atoms with van der Waals surface area (Å²) in [5.41, 5.74) is 2.71. The van der Waals surface area contributed by atoms with Gasteiger partial charge in [0.1, 0.15) is 0 Å². The molecule has 1 atom stereocenters. The van der Waals surface area contributed by atoms with Gasteiger partial charge in [0.2, 0.25) is 5.91 Å². The minimum Gasteiger partial charge on any atom is -0.308 e. The second kappa shape index (κ2) is 8.71. The molecule has 28 heavy (non-hydrogen) atoms. The van der Waals surface area contributed by atoms with Crippen LogP contribution in [-0.2, 0) is 11.8 Å². The highest BCUT2D eigenvalue weighted by Crippen LogP contribution is 2.26. The first-order valence-electron chi connectivity index (χ1n) is 8.74. The number of urea groups is 1. The van der Waals surface area contributed by atoms with Crippen LogP contribution in [0.15, 0.2) is 59.8 Å². The van der Waals surface area contributed by atoms with Crippen molar-refractivity contribution >= 4 is 29.4 Å². The van der Waals surface area contributed by atoms with Crippen LogP contribution < -0.4 is 10.6 Å². The third kappa shape index (κ3) is 4.77. The molecule has 8 heteroatoms. The topological polar surface area (TPSA) is 88.9 Å². The smallest absolute Gasteiger partial charge is 0.308 e. The Balaban J connectivity index is 1.62. The van der Waals surface area contributed by atoms with E-state index < -0.39 is 17.2 Å². The van der Waals surface area contributed by atoms with E-state index in [-0.39, 0.29) is 0 Å². The number of carbonyl (C=O) groups excluding carboxylic acids is 2. The zero-order valence-electron chi connectivity index (χ0n) is 15.8. The maximum atomic E-state index is 12.3. The van der Waals surface area contributed by atoms with Crippen LogP contribution in [0.25, 0.3) is 11.4 Å². The van der Waals surface area contributed by atoms with Crippen molar-refractivity contribution in [2.45, 2.75) is 24.3 Å². The molecule has 1 unspecified atom stereocenters. The van der Waals surface area contributed by atoms with E-state index >= 15 is 0 Å². The number of carbonyl (C=O) groups is 2. The number of thioether (sulfide) groups is 1. The van der Waals surface area contributed by atoms with E-state index in [0.717, 1.165) is 17.0 Å². The lowest BCUT2D eigenvalue weighted by Crippen LogP contribution is -2.38. The molecule has 2 N–H and O–H groups in total. The number of rotatable bonds is 5. The molecule has 0 aliphatic rings. The molecule has 0 aliphatic heterocycles. The SMILES string of the molecule is Cc1cccc(-c2nnc(SC(C)C(=O)NC(=O)Nc3ccccc3)n2C)c1. The van der Waals surface area contributed by atoms with E-state index in [1.165, 1.54) is 11.8 Å². The molecular formula is C20H21N5O2S. The molecule has 0 saturated heterocycles. The van der Waals surface area contributed by atoms with Gasteiger partial charge >= 0.3 is 6.03 Å².